The highest BCUT2D eigenvalue weighted by atomic mass is 32.1. The van der Waals surface area contributed by atoms with Crippen LogP contribution in [0.15, 0.2) is 127 Å². The summed E-state index contributed by atoms with van der Waals surface area (Å²) in [6.07, 6.45) is 0. The summed E-state index contributed by atoms with van der Waals surface area (Å²) in [7, 11) is 2.20. The predicted molar refractivity (Wildman–Crippen MR) is 224 cm³/mol. The second-order valence-electron chi connectivity index (χ2n) is 15.7. The number of aryl methyl sites for hydroxylation is 1. The van der Waals surface area contributed by atoms with Gasteiger partial charge in [0.2, 0.25) is 0 Å². The molecule has 7 aromatic carbocycles. The Hall–Kier alpha value is -5.98. The van der Waals surface area contributed by atoms with Crippen molar-refractivity contribution in [3.8, 4) is 28.7 Å². The van der Waals surface area contributed by atoms with E-state index >= 15 is 0 Å². The highest BCUT2D eigenvalue weighted by molar-refractivity contribution is 7.25. The van der Waals surface area contributed by atoms with Gasteiger partial charge in [-0.25, -0.2) is 0 Å². The molecule has 4 nitrogen and oxygen atoms in total. The Labute approximate surface area is 310 Å². The Balaban J connectivity index is 1.28. The number of hydrogen-bond acceptors (Lipinski definition) is 3. The quantitative estimate of drug-likeness (QED) is 0.160. The van der Waals surface area contributed by atoms with Gasteiger partial charge in [-0.15, -0.1) is 11.3 Å². The zero-order valence-corrected chi connectivity index (χ0v) is 30.6. The van der Waals surface area contributed by atoms with Gasteiger partial charge in [-0.05, 0) is 70.4 Å². The van der Waals surface area contributed by atoms with Crippen molar-refractivity contribution in [2.45, 2.75) is 26.2 Å². The highest BCUT2D eigenvalue weighted by Crippen LogP contribution is 2.47. The minimum absolute atomic E-state index is 0.0201. The third kappa shape index (κ3) is 3.86. The molecule has 2 aliphatic heterocycles. The Morgan fingerprint density at radius 1 is 0.547 bits per heavy atom. The molecule has 0 bridgehead atoms. The minimum Gasteiger partial charge on any atom is -0.458 e. The maximum Gasteiger partial charge on any atom is 0.260 e. The standard InChI is InChI=1S/C47H33BN2O2S/c1-47(2,3)26-20-21-38-33(22-26)48-34-23-32-28-13-5-8-15-35(28)49(4)44(32)45(46(34)52-40-18-11-17-39(51-38)43(40)48)50-36-16-9-6-12-27(36)30-25-42-31(24-37(30)50)29-14-7-10-19-41(29)53-42/h5-25H,1-4H3. The van der Waals surface area contributed by atoms with Crippen molar-refractivity contribution in [2.24, 2.45) is 7.05 Å². The lowest BCUT2D eigenvalue weighted by Crippen LogP contribution is -2.57. The number of hydrogen-bond donors (Lipinski definition) is 0. The molecular formula is C47H33BN2O2S. The third-order valence-corrected chi connectivity index (χ3v) is 12.9. The summed E-state index contributed by atoms with van der Waals surface area (Å²) in [5, 5.41) is 7.50. The van der Waals surface area contributed by atoms with Crippen molar-refractivity contribution < 1.29 is 9.47 Å². The van der Waals surface area contributed by atoms with E-state index in [9.17, 15) is 0 Å². The Morgan fingerprint density at radius 3 is 2.08 bits per heavy atom. The van der Waals surface area contributed by atoms with E-state index in [1.54, 1.807) is 0 Å². The first kappa shape index (κ1) is 29.6. The van der Waals surface area contributed by atoms with E-state index in [4.69, 9.17) is 9.47 Å². The van der Waals surface area contributed by atoms with Crippen LogP contribution in [0.5, 0.6) is 23.0 Å². The molecule has 2 aliphatic rings. The summed E-state index contributed by atoms with van der Waals surface area (Å²) in [6, 6.07) is 46.7. The van der Waals surface area contributed by atoms with Crippen LogP contribution in [0.2, 0.25) is 0 Å². The zero-order chi connectivity index (χ0) is 35.3. The van der Waals surface area contributed by atoms with E-state index in [-0.39, 0.29) is 12.1 Å². The van der Waals surface area contributed by atoms with Crippen LogP contribution in [0.4, 0.5) is 0 Å². The molecule has 12 rings (SSSR count). The lowest BCUT2D eigenvalue weighted by Gasteiger charge is -2.35. The van der Waals surface area contributed by atoms with E-state index in [2.05, 4.69) is 164 Å². The summed E-state index contributed by atoms with van der Waals surface area (Å²) in [4.78, 5) is 0. The van der Waals surface area contributed by atoms with Crippen LogP contribution in [0, 0.1) is 0 Å². The van der Waals surface area contributed by atoms with Crippen molar-refractivity contribution in [2.75, 3.05) is 0 Å². The van der Waals surface area contributed by atoms with E-state index in [0.717, 1.165) is 50.6 Å². The molecule has 0 fully saturated rings. The Bertz CT molecular complexity index is 3250. The monoisotopic (exact) mass is 700 g/mol. The number of rotatable bonds is 1. The second-order valence-corrected chi connectivity index (χ2v) is 16.8. The zero-order valence-electron chi connectivity index (χ0n) is 29.8. The van der Waals surface area contributed by atoms with Gasteiger partial charge in [0.05, 0.1) is 16.6 Å². The van der Waals surface area contributed by atoms with Crippen molar-refractivity contribution >= 4 is 98.2 Å². The van der Waals surface area contributed by atoms with Gasteiger partial charge in [0.1, 0.15) is 28.7 Å². The maximum absolute atomic E-state index is 7.28. The molecule has 10 aromatic rings. The average Bonchev–Trinajstić information content (AvgIpc) is 3.79. The van der Waals surface area contributed by atoms with Crippen molar-refractivity contribution in [1.82, 2.24) is 9.13 Å². The first-order valence-corrected chi connectivity index (χ1v) is 19.2. The number of benzene rings is 7. The fraction of sp³-hybridized carbons (Fsp3) is 0.106. The van der Waals surface area contributed by atoms with Crippen LogP contribution in [-0.2, 0) is 12.5 Å². The molecule has 0 saturated heterocycles. The summed E-state index contributed by atoms with van der Waals surface area (Å²) >= 11 is 1.87. The van der Waals surface area contributed by atoms with E-state index in [0.29, 0.717) is 0 Å². The van der Waals surface area contributed by atoms with Crippen LogP contribution in [0.3, 0.4) is 0 Å². The third-order valence-electron chi connectivity index (χ3n) is 11.8. The predicted octanol–water partition coefficient (Wildman–Crippen LogP) is 10.8. The van der Waals surface area contributed by atoms with Gasteiger partial charge in [-0.2, -0.15) is 0 Å². The molecule has 0 N–H and O–H groups in total. The van der Waals surface area contributed by atoms with Crippen LogP contribution < -0.4 is 25.9 Å². The number of nitrogens with zero attached hydrogens (tertiary/aromatic N) is 2. The molecule has 53 heavy (non-hydrogen) atoms. The van der Waals surface area contributed by atoms with E-state index < -0.39 is 0 Å². The largest absolute Gasteiger partial charge is 0.458 e. The number of thiophene rings is 1. The lowest BCUT2D eigenvalue weighted by molar-refractivity contribution is 0.463. The van der Waals surface area contributed by atoms with Gasteiger partial charge in [-0.3, -0.25) is 0 Å². The molecule has 0 atom stereocenters. The molecule has 0 aliphatic carbocycles. The molecule has 252 valence electrons. The topological polar surface area (TPSA) is 28.3 Å². The van der Waals surface area contributed by atoms with Gasteiger partial charge >= 0.3 is 0 Å². The Morgan fingerprint density at radius 2 is 1.26 bits per heavy atom. The first-order valence-electron chi connectivity index (χ1n) is 18.4. The van der Waals surface area contributed by atoms with Crippen molar-refractivity contribution in [3.63, 3.8) is 0 Å². The number of aromatic nitrogens is 2. The smallest absolute Gasteiger partial charge is 0.260 e. The second kappa shape index (κ2) is 10.1. The Kier molecular flexibility index (Phi) is 5.65. The fourth-order valence-corrected chi connectivity index (χ4v) is 10.4. The molecule has 0 amide bonds. The van der Waals surface area contributed by atoms with Gasteiger partial charge in [-0.1, -0.05) is 99.6 Å². The highest BCUT2D eigenvalue weighted by Gasteiger charge is 2.43. The summed E-state index contributed by atoms with van der Waals surface area (Å²) in [6.45, 7) is 6.77. The van der Waals surface area contributed by atoms with E-state index in [1.807, 2.05) is 11.3 Å². The molecule has 0 saturated carbocycles. The number of ether oxygens (including phenoxy) is 2. The van der Waals surface area contributed by atoms with Crippen molar-refractivity contribution in [3.05, 3.63) is 133 Å². The maximum atomic E-state index is 7.28. The molecule has 3 aromatic heterocycles. The fourth-order valence-electron chi connectivity index (χ4n) is 9.30. The average molecular weight is 701 g/mol. The summed E-state index contributed by atoms with van der Waals surface area (Å²) in [5.41, 5.74) is 10.5. The molecule has 5 heterocycles. The summed E-state index contributed by atoms with van der Waals surface area (Å²) < 4.78 is 21.4. The van der Waals surface area contributed by atoms with Crippen molar-refractivity contribution in [1.29, 1.82) is 0 Å². The van der Waals surface area contributed by atoms with Gasteiger partial charge in [0, 0.05) is 59.7 Å². The number of para-hydroxylation sites is 2. The van der Waals surface area contributed by atoms with Crippen LogP contribution in [0.1, 0.15) is 26.3 Å². The molecule has 0 spiro atoms. The SMILES string of the molecule is Cn1c2ccccc2c2cc3c(c(-n4c5ccccc5c5cc6sc7ccccc7c6cc54)c21)Oc1cccc2c1B3c1cc(C(C)(C)C)ccc1O2. The molecule has 6 heteroatoms. The van der Waals surface area contributed by atoms with Gasteiger partial charge in [0.15, 0.2) is 0 Å². The lowest BCUT2D eigenvalue weighted by atomic mass is 9.34. The van der Waals surface area contributed by atoms with Gasteiger partial charge < -0.3 is 18.6 Å². The summed E-state index contributed by atoms with van der Waals surface area (Å²) in [5.74, 6) is 3.50. The van der Waals surface area contributed by atoms with Gasteiger partial charge in [0.25, 0.3) is 6.71 Å². The van der Waals surface area contributed by atoms with Crippen LogP contribution >= 0.6 is 11.3 Å². The molecule has 0 unspecified atom stereocenters. The molecular weight excluding hydrogens is 667 g/mol. The van der Waals surface area contributed by atoms with E-state index in [1.165, 1.54) is 63.8 Å². The molecule has 0 radical (unpaired) electrons. The van der Waals surface area contributed by atoms with Crippen LogP contribution in [-0.4, -0.2) is 15.8 Å². The minimum atomic E-state index is -0.0706. The number of fused-ring (bicyclic) bond motifs is 13. The van der Waals surface area contributed by atoms with Crippen LogP contribution in [0.25, 0.3) is 69.5 Å². The first-order chi connectivity index (χ1) is 25.8. The normalized spacial score (nSPS) is 13.5.